The predicted octanol–water partition coefficient (Wildman–Crippen LogP) is 2.57. The number of para-hydroxylation sites is 1. The maximum atomic E-state index is 13.5. The summed E-state index contributed by atoms with van der Waals surface area (Å²) < 4.78 is 27.4. The fourth-order valence-corrected chi connectivity index (χ4v) is 5.21. The highest BCUT2D eigenvalue weighted by atomic mass is 32.2. The average molecular weight is 482 g/mol. The van der Waals surface area contributed by atoms with Crippen LogP contribution in [0.15, 0.2) is 63.2 Å². The number of rotatable bonds is 8. The average Bonchev–Trinajstić information content (AvgIpc) is 3.09. The van der Waals surface area contributed by atoms with E-state index in [9.17, 15) is 18.0 Å². The van der Waals surface area contributed by atoms with Crippen molar-refractivity contribution in [1.29, 1.82) is 0 Å². The van der Waals surface area contributed by atoms with Gasteiger partial charge >= 0.3 is 0 Å². The highest BCUT2D eigenvalue weighted by Crippen LogP contribution is 2.23. The zero-order valence-electron chi connectivity index (χ0n) is 19.1. The lowest BCUT2D eigenvalue weighted by Gasteiger charge is -2.24. The van der Waals surface area contributed by atoms with Gasteiger partial charge in [-0.1, -0.05) is 44.0 Å². The molecular weight excluding hydrogens is 454 g/mol. The maximum absolute atomic E-state index is 13.5. The predicted molar refractivity (Wildman–Crippen MR) is 130 cm³/mol. The molecule has 0 saturated carbocycles. The van der Waals surface area contributed by atoms with Crippen molar-refractivity contribution in [2.24, 2.45) is 4.99 Å². The van der Waals surface area contributed by atoms with Crippen LogP contribution < -0.4 is 10.3 Å². The third-order valence-corrected chi connectivity index (χ3v) is 7.16. The number of benzene rings is 2. The van der Waals surface area contributed by atoms with Crippen LogP contribution in [-0.2, 0) is 21.4 Å². The summed E-state index contributed by atoms with van der Waals surface area (Å²) in [5.41, 5.74) is 0.758. The highest BCUT2D eigenvalue weighted by molar-refractivity contribution is 7.90. The summed E-state index contributed by atoms with van der Waals surface area (Å²) in [5, 5.41) is 0.486. The van der Waals surface area contributed by atoms with Crippen LogP contribution in [0.4, 0.5) is 0 Å². The number of aliphatic imine (C=N–C) groups is 1. The number of amidine groups is 1. The molecule has 0 saturated heterocycles. The summed E-state index contributed by atoms with van der Waals surface area (Å²) in [7, 11) is -3.70. The summed E-state index contributed by atoms with van der Waals surface area (Å²) in [4.78, 5) is 39.5. The van der Waals surface area contributed by atoms with Crippen molar-refractivity contribution in [1.82, 2.24) is 19.6 Å². The minimum atomic E-state index is -3.70. The van der Waals surface area contributed by atoms with Gasteiger partial charge in [-0.15, -0.1) is 0 Å². The van der Waals surface area contributed by atoms with Gasteiger partial charge in [0.1, 0.15) is 17.7 Å². The summed E-state index contributed by atoms with van der Waals surface area (Å²) >= 11 is 0. The molecule has 0 aliphatic carbocycles. The molecule has 1 atom stereocenters. The number of hydrogen-bond donors (Lipinski definition) is 2. The second kappa shape index (κ2) is 9.76. The minimum absolute atomic E-state index is 0.116. The number of carbonyl (C=O) groups excluding carboxylic acids is 1. The second-order valence-corrected chi connectivity index (χ2v) is 9.77. The minimum Gasteiger partial charge on any atom is -0.334 e. The van der Waals surface area contributed by atoms with Gasteiger partial charge in [0.15, 0.2) is 0 Å². The standard InChI is InChI=1S/C24H27N5O4S/c1-3-5-12-19(26-22-17-11-7-9-14-20(17)34(32,33)28-22)24(31)29(4-2)15-21-25-18-13-8-6-10-16(18)23(30)27-21/h6-11,13-14,19H,3-5,12,15H2,1-2H3,(H,26,28)(H,25,27,30). The van der Waals surface area contributed by atoms with E-state index in [4.69, 9.17) is 0 Å². The number of carbonyl (C=O) groups is 1. The number of nitrogens with zero attached hydrogens (tertiary/aromatic N) is 3. The zero-order valence-corrected chi connectivity index (χ0v) is 19.9. The van der Waals surface area contributed by atoms with Crippen molar-refractivity contribution in [3.8, 4) is 0 Å². The number of hydrogen-bond acceptors (Lipinski definition) is 6. The van der Waals surface area contributed by atoms with Crippen LogP contribution in [0.5, 0.6) is 0 Å². The van der Waals surface area contributed by atoms with Gasteiger partial charge < -0.3 is 9.88 Å². The Hall–Kier alpha value is -3.53. The molecule has 178 valence electrons. The second-order valence-electron chi connectivity index (χ2n) is 8.12. The first kappa shape index (κ1) is 23.6. The lowest BCUT2D eigenvalue weighted by Crippen LogP contribution is -2.39. The van der Waals surface area contributed by atoms with E-state index in [1.54, 1.807) is 47.4 Å². The molecule has 1 aromatic heterocycles. The van der Waals surface area contributed by atoms with E-state index in [1.165, 1.54) is 6.07 Å². The molecule has 2 N–H and O–H groups in total. The number of sulfonamides is 1. The van der Waals surface area contributed by atoms with Gasteiger partial charge in [-0.05, 0) is 37.6 Å². The lowest BCUT2D eigenvalue weighted by molar-refractivity contribution is -0.133. The number of amides is 1. The van der Waals surface area contributed by atoms with Crippen LogP contribution in [0.3, 0.4) is 0 Å². The number of H-pyrrole nitrogens is 1. The van der Waals surface area contributed by atoms with E-state index >= 15 is 0 Å². The van der Waals surface area contributed by atoms with Crippen molar-refractivity contribution < 1.29 is 13.2 Å². The molecule has 2 aromatic carbocycles. The Morgan fingerprint density at radius 2 is 1.85 bits per heavy atom. The Kier molecular flexibility index (Phi) is 6.78. The van der Waals surface area contributed by atoms with Gasteiger partial charge in [0.2, 0.25) is 5.91 Å². The zero-order chi connectivity index (χ0) is 24.3. The molecule has 0 fully saturated rings. The Balaban J connectivity index is 1.64. The van der Waals surface area contributed by atoms with Crippen LogP contribution in [0.2, 0.25) is 0 Å². The first-order valence-electron chi connectivity index (χ1n) is 11.3. The van der Waals surface area contributed by atoms with Crippen molar-refractivity contribution in [2.75, 3.05) is 6.54 Å². The molecule has 4 rings (SSSR count). The fraction of sp³-hybridized carbons (Fsp3) is 0.333. The van der Waals surface area contributed by atoms with Gasteiger partial charge in [-0.2, -0.15) is 0 Å². The highest BCUT2D eigenvalue weighted by Gasteiger charge is 2.32. The van der Waals surface area contributed by atoms with Crippen molar-refractivity contribution in [2.45, 2.75) is 50.6 Å². The van der Waals surface area contributed by atoms with E-state index in [0.717, 1.165) is 12.8 Å². The quantitative estimate of drug-likeness (QED) is 0.512. The van der Waals surface area contributed by atoms with Crippen LogP contribution in [0.1, 0.15) is 44.5 Å². The third kappa shape index (κ3) is 4.72. The van der Waals surface area contributed by atoms with Crippen LogP contribution in [0, 0.1) is 0 Å². The summed E-state index contributed by atoms with van der Waals surface area (Å²) in [5.74, 6) is 0.314. The smallest absolute Gasteiger partial charge is 0.263 e. The van der Waals surface area contributed by atoms with E-state index in [2.05, 4.69) is 19.7 Å². The number of aromatic amines is 1. The maximum Gasteiger partial charge on any atom is 0.263 e. The van der Waals surface area contributed by atoms with Crippen molar-refractivity contribution in [3.63, 3.8) is 0 Å². The number of fused-ring (bicyclic) bond motifs is 2. The molecule has 3 aromatic rings. The largest absolute Gasteiger partial charge is 0.334 e. The third-order valence-electron chi connectivity index (χ3n) is 5.76. The molecular formula is C24H27N5O4S. The lowest BCUT2D eigenvalue weighted by atomic mass is 10.1. The van der Waals surface area contributed by atoms with Crippen LogP contribution in [-0.4, -0.2) is 47.6 Å². The fourth-order valence-electron chi connectivity index (χ4n) is 3.97. The number of nitrogens with one attached hydrogen (secondary N) is 2. The van der Waals surface area contributed by atoms with Gasteiger partial charge in [-0.25, -0.2) is 13.4 Å². The monoisotopic (exact) mass is 481 g/mol. The molecule has 1 unspecified atom stereocenters. The Morgan fingerprint density at radius 3 is 2.62 bits per heavy atom. The molecule has 1 aliphatic heterocycles. The Bertz CT molecular complexity index is 1410. The first-order chi connectivity index (χ1) is 16.3. The van der Waals surface area contributed by atoms with Gasteiger partial charge in [-0.3, -0.25) is 19.3 Å². The van der Waals surface area contributed by atoms with Crippen LogP contribution >= 0.6 is 0 Å². The summed E-state index contributed by atoms with van der Waals surface area (Å²) in [6.07, 6.45) is 2.09. The van der Waals surface area contributed by atoms with Gasteiger partial charge in [0, 0.05) is 12.1 Å². The molecule has 1 aliphatic rings. The number of unbranched alkanes of at least 4 members (excludes halogenated alkanes) is 1. The number of likely N-dealkylation sites (N-methyl/N-ethyl adjacent to an activating group) is 1. The SMILES string of the molecule is CCCCC(N=C1NS(=O)(=O)c2ccccc21)C(=O)N(CC)Cc1nc2ccccc2c(=O)[nH]1. The summed E-state index contributed by atoms with van der Waals surface area (Å²) in [6.45, 7) is 4.36. The van der Waals surface area contributed by atoms with E-state index in [1.807, 2.05) is 13.8 Å². The van der Waals surface area contributed by atoms with E-state index in [0.29, 0.717) is 35.3 Å². The number of aromatic nitrogens is 2. The van der Waals surface area contributed by atoms with Gasteiger partial charge in [0.25, 0.3) is 15.6 Å². The Morgan fingerprint density at radius 1 is 1.12 bits per heavy atom. The summed E-state index contributed by atoms with van der Waals surface area (Å²) in [6, 6.07) is 12.8. The van der Waals surface area contributed by atoms with Gasteiger partial charge in [0.05, 0.1) is 22.3 Å². The molecule has 0 radical (unpaired) electrons. The molecule has 2 heterocycles. The van der Waals surface area contributed by atoms with Crippen molar-refractivity contribution >= 4 is 32.7 Å². The first-order valence-corrected chi connectivity index (χ1v) is 12.8. The molecule has 0 bridgehead atoms. The topological polar surface area (TPSA) is 125 Å². The molecule has 10 heteroatoms. The molecule has 34 heavy (non-hydrogen) atoms. The molecule has 9 nitrogen and oxygen atoms in total. The Labute approximate surface area is 198 Å². The van der Waals surface area contributed by atoms with Crippen molar-refractivity contribution in [3.05, 3.63) is 70.3 Å². The molecule has 0 spiro atoms. The molecule has 1 amide bonds. The van der Waals surface area contributed by atoms with E-state index < -0.39 is 16.1 Å². The van der Waals surface area contributed by atoms with Crippen LogP contribution in [0.25, 0.3) is 10.9 Å². The van der Waals surface area contributed by atoms with E-state index in [-0.39, 0.29) is 28.7 Å². The normalized spacial score (nSPS) is 16.2.